The van der Waals surface area contributed by atoms with E-state index in [1.807, 2.05) is 0 Å². The van der Waals surface area contributed by atoms with Crippen LogP contribution < -0.4 is 5.73 Å². The smallest absolute Gasteiger partial charge is 0.462 e. The topological polar surface area (TPSA) is 134 Å². The van der Waals surface area contributed by atoms with Crippen LogP contribution in [0.5, 0.6) is 0 Å². The first-order valence-electron chi connectivity index (χ1n) is 21.0. The maximum atomic E-state index is 12.6. The van der Waals surface area contributed by atoms with E-state index < -0.39 is 26.5 Å². The van der Waals surface area contributed by atoms with Gasteiger partial charge in [0.2, 0.25) is 0 Å². The number of unbranched alkanes of at least 4 members (excludes halogenated alkanes) is 21. The van der Waals surface area contributed by atoms with Gasteiger partial charge in [0.05, 0.1) is 13.2 Å². The standard InChI is InChI=1S/C40H78NO8P/c1-3-5-7-9-10-11-12-13-14-15-18-21-25-29-39(42)46-34-38(35-48-50(44,45)47-32-31-41)49-40(43)30-26-22-19-16-17-20-24-28-37-33-36(37)27-23-8-6-4-2/h36-38H,3-35,41H2,1-2H3,(H,44,45). The molecule has 0 aliphatic heterocycles. The maximum Gasteiger partial charge on any atom is 0.472 e. The number of carbonyl (C=O) groups is 2. The number of hydrogen-bond acceptors (Lipinski definition) is 8. The van der Waals surface area contributed by atoms with E-state index in [0.717, 1.165) is 43.9 Å². The molecule has 50 heavy (non-hydrogen) atoms. The second-order valence-electron chi connectivity index (χ2n) is 14.8. The van der Waals surface area contributed by atoms with Gasteiger partial charge in [0, 0.05) is 19.4 Å². The Balaban J connectivity index is 2.17. The van der Waals surface area contributed by atoms with Crippen LogP contribution in [0.2, 0.25) is 0 Å². The van der Waals surface area contributed by atoms with E-state index in [4.69, 9.17) is 24.3 Å². The molecule has 9 nitrogen and oxygen atoms in total. The normalized spacial score (nSPS) is 17.4. The Hall–Kier alpha value is -0.990. The van der Waals surface area contributed by atoms with Crippen LogP contribution in [0.1, 0.15) is 200 Å². The van der Waals surface area contributed by atoms with Crippen molar-refractivity contribution in [3.05, 3.63) is 0 Å². The van der Waals surface area contributed by atoms with Gasteiger partial charge in [-0.2, -0.15) is 0 Å². The van der Waals surface area contributed by atoms with Gasteiger partial charge in [-0.25, -0.2) is 4.57 Å². The molecule has 10 heteroatoms. The number of phosphoric ester groups is 1. The van der Waals surface area contributed by atoms with Crippen LogP contribution in [0.25, 0.3) is 0 Å². The van der Waals surface area contributed by atoms with Crippen molar-refractivity contribution in [2.45, 2.75) is 206 Å². The predicted octanol–water partition coefficient (Wildman–Crippen LogP) is 11.1. The molecule has 0 bridgehead atoms. The monoisotopic (exact) mass is 732 g/mol. The van der Waals surface area contributed by atoms with E-state index in [2.05, 4.69) is 13.8 Å². The van der Waals surface area contributed by atoms with Gasteiger partial charge in [-0.3, -0.25) is 18.6 Å². The summed E-state index contributed by atoms with van der Waals surface area (Å²) >= 11 is 0. The van der Waals surface area contributed by atoms with Crippen LogP contribution in [0.4, 0.5) is 0 Å². The average molecular weight is 732 g/mol. The van der Waals surface area contributed by atoms with Crippen LogP contribution in [0.3, 0.4) is 0 Å². The minimum absolute atomic E-state index is 0.0588. The molecule has 4 atom stereocenters. The number of rotatable bonds is 38. The highest BCUT2D eigenvalue weighted by Crippen LogP contribution is 2.46. The molecule has 1 rings (SSSR count). The zero-order valence-corrected chi connectivity index (χ0v) is 33.3. The van der Waals surface area contributed by atoms with Gasteiger partial charge in [0.1, 0.15) is 6.61 Å². The van der Waals surface area contributed by atoms with Crippen LogP contribution in [-0.4, -0.2) is 49.3 Å². The summed E-state index contributed by atoms with van der Waals surface area (Å²) in [5, 5.41) is 0. The molecule has 296 valence electrons. The summed E-state index contributed by atoms with van der Waals surface area (Å²) in [7, 11) is -4.36. The molecule has 0 aromatic carbocycles. The number of esters is 2. The predicted molar refractivity (Wildman–Crippen MR) is 204 cm³/mol. The molecular weight excluding hydrogens is 653 g/mol. The Morgan fingerprint density at radius 2 is 1.04 bits per heavy atom. The SMILES string of the molecule is CCCCCCCCCCCCCCCC(=O)OCC(COP(=O)(O)OCCN)OC(=O)CCCCCCCCCC1CC1CCCCCC. The van der Waals surface area contributed by atoms with Crippen molar-refractivity contribution in [3.8, 4) is 0 Å². The molecule has 1 fully saturated rings. The first-order chi connectivity index (χ1) is 24.3. The second-order valence-corrected chi connectivity index (χ2v) is 16.2. The van der Waals surface area contributed by atoms with E-state index in [9.17, 15) is 19.0 Å². The number of ether oxygens (including phenoxy) is 2. The lowest BCUT2D eigenvalue weighted by Gasteiger charge is -2.19. The molecule has 0 radical (unpaired) electrons. The van der Waals surface area contributed by atoms with Crippen molar-refractivity contribution in [2.24, 2.45) is 17.6 Å². The lowest BCUT2D eigenvalue weighted by atomic mass is 10.0. The van der Waals surface area contributed by atoms with Crippen molar-refractivity contribution in [2.75, 3.05) is 26.4 Å². The van der Waals surface area contributed by atoms with Gasteiger partial charge in [0.25, 0.3) is 0 Å². The van der Waals surface area contributed by atoms with Crippen molar-refractivity contribution in [1.29, 1.82) is 0 Å². The summed E-state index contributed by atoms with van der Waals surface area (Å²) < 4.78 is 32.8. The highest BCUT2D eigenvalue weighted by Gasteiger charge is 2.35. The Kier molecular flexibility index (Phi) is 30.7. The van der Waals surface area contributed by atoms with Gasteiger partial charge in [-0.1, -0.05) is 168 Å². The minimum atomic E-state index is -4.36. The third-order valence-corrected chi connectivity index (χ3v) is 10.9. The van der Waals surface area contributed by atoms with Crippen molar-refractivity contribution in [1.82, 2.24) is 0 Å². The summed E-state index contributed by atoms with van der Waals surface area (Å²) in [6.07, 6.45) is 33.1. The Bertz CT molecular complexity index is 859. The number of hydrogen-bond donors (Lipinski definition) is 2. The second kappa shape index (κ2) is 32.6. The average Bonchev–Trinajstić information content (AvgIpc) is 3.86. The number of phosphoric acid groups is 1. The summed E-state index contributed by atoms with van der Waals surface area (Å²) in [5.74, 6) is 1.19. The molecule has 1 aliphatic carbocycles. The molecule has 0 heterocycles. The Labute approximate surface area is 306 Å². The zero-order valence-electron chi connectivity index (χ0n) is 32.4. The molecule has 1 saturated carbocycles. The van der Waals surface area contributed by atoms with Crippen molar-refractivity contribution < 1.29 is 37.6 Å². The van der Waals surface area contributed by atoms with Crippen LogP contribution in [-0.2, 0) is 32.7 Å². The summed E-state index contributed by atoms with van der Waals surface area (Å²) in [6.45, 7) is 3.78. The molecule has 1 aliphatic rings. The van der Waals surface area contributed by atoms with E-state index >= 15 is 0 Å². The van der Waals surface area contributed by atoms with Crippen LogP contribution >= 0.6 is 7.82 Å². The van der Waals surface area contributed by atoms with E-state index in [-0.39, 0.29) is 38.6 Å². The summed E-state index contributed by atoms with van der Waals surface area (Å²) in [4.78, 5) is 34.8. The molecule has 0 amide bonds. The fraction of sp³-hybridized carbons (Fsp3) is 0.950. The molecule has 0 spiro atoms. The molecule has 0 aromatic rings. The molecule has 0 saturated heterocycles. The van der Waals surface area contributed by atoms with E-state index in [1.165, 1.54) is 135 Å². The zero-order chi connectivity index (χ0) is 36.5. The summed E-state index contributed by atoms with van der Waals surface area (Å²) in [6, 6.07) is 0. The van der Waals surface area contributed by atoms with Crippen molar-refractivity contribution >= 4 is 19.8 Å². The first kappa shape index (κ1) is 47.0. The fourth-order valence-corrected chi connectivity index (χ4v) is 7.46. The lowest BCUT2D eigenvalue weighted by molar-refractivity contribution is -0.161. The quantitative estimate of drug-likeness (QED) is 0.0361. The first-order valence-corrected chi connectivity index (χ1v) is 22.5. The Morgan fingerprint density at radius 3 is 1.52 bits per heavy atom. The highest BCUT2D eigenvalue weighted by molar-refractivity contribution is 7.47. The third-order valence-electron chi connectivity index (χ3n) is 9.96. The van der Waals surface area contributed by atoms with Crippen LogP contribution in [0, 0.1) is 11.8 Å². The van der Waals surface area contributed by atoms with E-state index in [1.54, 1.807) is 0 Å². The van der Waals surface area contributed by atoms with E-state index in [0.29, 0.717) is 6.42 Å². The Morgan fingerprint density at radius 1 is 0.620 bits per heavy atom. The molecular formula is C40H78NO8P. The maximum absolute atomic E-state index is 12.6. The largest absolute Gasteiger partial charge is 0.472 e. The molecule has 3 N–H and O–H groups in total. The number of nitrogens with two attached hydrogens (primary N) is 1. The minimum Gasteiger partial charge on any atom is -0.462 e. The van der Waals surface area contributed by atoms with Crippen LogP contribution in [0.15, 0.2) is 0 Å². The van der Waals surface area contributed by atoms with Crippen molar-refractivity contribution in [3.63, 3.8) is 0 Å². The van der Waals surface area contributed by atoms with Gasteiger partial charge in [0.15, 0.2) is 6.10 Å². The van der Waals surface area contributed by atoms with Gasteiger partial charge >= 0.3 is 19.8 Å². The highest BCUT2D eigenvalue weighted by atomic mass is 31.2. The number of carbonyl (C=O) groups excluding carboxylic acids is 2. The van der Waals surface area contributed by atoms with Gasteiger partial charge in [-0.05, 0) is 31.1 Å². The van der Waals surface area contributed by atoms with Gasteiger partial charge in [-0.15, -0.1) is 0 Å². The summed E-state index contributed by atoms with van der Waals surface area (Å²) in [5.41, 5.74) is 5.34. The molecule has 4 unspecified atom stereocenters. The van der Waals surface area contributed by atoms with Gasteiger partial charge < -0.3 is 20.1 Å². The fourth-order valence-electron chi connectivity index (χ4n) is 6.70. The third kappa shape index (κ3) is 29.6. The molecule has 0 aromatic heterocycles. The lowest BCUT2D eigenvalue weighted by Crippen LogP contribution is -2.29.